The molecule has 2 unspecified atom stereocenters. The van der Waals surface area contributed by atoms with Crippen molar-refractivity contribution in [2.45, 2.75) is 64.1 Å². The van der Waals surface area contributed by atoms with Gasteiger partial charge in [-0.25, -0.2) is 0 Å². The highest BCUT2D eigenvalue weighted by atomic mass is 16.5. The van der Waals surface area contributed by atoms with Crippen LogP contribution in [-0.4, -0.2) is 22.3 Å². The summed E-state index contributed by atoms with van der Waals surface area (Å²) >= 11 is 0. The number of aliphatic hydroxyl groups is 1. The van der Waals surface area contributed by atoms with Crippen LogP contribution in [0.1, 0.15) is 61.6 Å². The van der Waals surface area contributed by atoms with Crippen molar-refractivity contribution in [2.24, 2.45) is 5.92 Å². The highest BCUT2D eigenvalue weighted by Gasteiger charge is 2.42. The summed E-state index contributed by atoms with van der Waals surface area (Å²) in [6.07, 6.45) is 6.44. The van der Waals surface area contributed by atoms with Crippen molar-refractivity contribution in [3.8, 4) is 0 Å². The maximum atomic E-state index is 10.8. The standard InChI is InChI=1S/C17H25NO2/c1-12-5-6-15(13(2)18-12)16(19)14-7-10-20-17(11-14)8-3-4-9-17/h5-6,14,16,19H,3-4,7-11H2,1-2H3. The van der Waals surface area contributed by atoms with Gasteiger partial charge in [0.15, 0.2) is 0 Å². The highest BCUT2D eigenvalue weighted by Crippen LogP contribution is 2.45. The average Bonchev–Trinajstić information content (AvgIpc) is 2.86. The Kier molecular flexibility index (Phi) is 3.83. The van der Waals surface area contributed by atoms with Gasteiger partial charge in [-0.1, -0.05) is 18.9 Å². The summed E-state index contributed by atoms with van der Waals surface area (Å²) in [5, 5.41) is 10.8. The molecule has 1 aliphatic heterocycles. The van der Waals surface area contributed by atoms with Gasteiger partial charge >= 0.3 is 0 Å². The van der Waals surface area contributed by atoms with E-state index in [0.29, 0.717) is 5.92 Å². The van der Waals surface area contributed by atoms with E-state index in [4.69, 9.17) is 4.74 Å². The van der Waals surface area contributed by atoms with Gasteiger partial charge in [-0.05, 0) is 51.5 Å². The fraction of sp³-hybridized carbons (Fsp3) is 0.706. The minimum absolute atomic E-state index is 0.0654. The first-order valence-corrected chi connectivity index (χ1v) is 7.86. The van der Waals surface area contributed by atoms with Gasteiger partial charge in [0.25, 0.3) is 0 Å². The summed E-state index contributed by atoms with van der Waals surface area (Å²) in [5.41, 5.74) is 3.04. The van der Waals surface area contributed by atoms with Gasteiger partial charge in [-0.15, -0.1) is 0 Å². The number of hydrogen-bond acceptors (Lipinski definition) is 3. The maximum absolute atomic E-state index is 10.8. The van der Waals surface area contributed by atoms with Gasteiger partial charge in [0.05, 0.1) is 11.7 Å². The molecule has 20 heavy (non-hydrogen) atoms. The van der Waals surface area contributed by atoms with Crippen LogP contribution in [0.2, 0.25) is 0 Å². The molecular formula is C17H25NO2. The molecule has 0 bridgehead atoms. The van der Waals surface area contributed by atoms with E-state index >= 15 is 0 Å². The topological polar surface area (TPSA) is 42.4 Å². The molecular weight excluding hydrogens is 250 g/mol. The molecule has 0 amide bonds. The lowest BCUT2D eigenvalue weighted by Crippen LogP contribution is -2.39. The van der Waals surface area contributed by atoms with Gasteiger partial charge < -0.3 is 9.84 Å². The second kappa shape index (κ2) is 5.45. The fourth-order valence-corrected chi connectivity index (χ4v) is 3.97. The second-order valence-corrected chi connectivity index (χ2v) is 6.56. The smallest absolute Gasteiger partial charge is 0.0837 e. The van der Waals surface area contributed by atoms with E-state index in [-0.39, 0.29) is 5.60 Å². The highest BCUT2D eigenvalue weighted by molar-refractivity contribution is 5.24. The normalized spacial score (nSPS) is 26.9. The molecule has 1 N–H and O–H groups in total. The molecule has 1 saturated carbocycles. The van der Waals surface area contributed by atoms with Crippen LogP contribution in [0, 0.1) is 19.8 Å². The molecule has 2 fully saturated rings. The summed E-state index contributed by atoms with van der Waals surface area (Å²) in [4.78, 5) is 4.49. The molecule has 1 aromatic heterocycles. The Morgan fingerprint density at radius 3 is 2.75 bits per heavy atom. The van der Waals surface area contributed by atoms with E-state index in [1.165, 1.54) is 25.7 Å². The van der Waals surface area contributed by atoms with Gasteiger partial charge in [0.2, 0.25) is 0 Å². The summed E-state index contributed by atoms with van der Waals surface area (Å²) < 4.78 is 6.07. The van der Waals surface area contributed by atoms with Crippen LogP contribution in [0.5, 0.6) is 0 Å². The van der Waals surface area contributed by atoms with Crippen LogP contribution in [0.25, 0.3) is 0 Å². The number of hydrogen-bond donors (Lipinski definition) is 1. The summed E-state index contributed by atoms with van der Waals surface area (Å²) in [6, 6.07) is 4.04. The number of pyridine rings is 1. The monoisotopic (exact) mass is 275 g/mol. The third-order valence-corrected chi connectivity index (χ3v) is 5.08. The molecule has 1 aliphatic carbocycles. The Labute approximate surface area is 121 Å². The first-order chi connectivity index (χ1) is 9.60. The SMILES string of the molecule is Cc1ccc(C(O)C2CCOC3(CCCC3)C2)c(C)n1. The Morgan fingerprint density at radius 1 is 1.30 bits per heavy atom. The molecule has 110 valence electrons. The van der Waals surface area contributed by atoms with Gasteiger partial charge in [-0.2, -0.15) is 0 Å². The molecule has 2 aliphatic rings. The quantitative estimate of drug-likeness (QED) is 0.898. The number of aliphatic hydroxyl groups excluding tert-OH is 1. The van der Waals surface area contributed by atoms with E-state index in [0.717, 1.165) is 36.4 Å². The minimum Gasteiger partial charge on any atom is -0.388 e. The molecule has 1 saturated heterocycles. The molecule has 3 heteroatoms. The number of ether oxygens (including phenoxy) is 1. The number of aryl methyl sites for hydroxylation is 2. The fourth-order valence-electron chi connectivity index (χ4n) is 3.97. The predicted molar refractivity (Wildman–Crippen MR) is 78.5 cm³/mol. The van der Waals surface area contributed by atoms with Crippen LogP contribution < -0.4 is 0 Å². The van der Waals surface area contributed by atoms with E-state index in [1.807, 2.05) is 26.0 Å². The number of aromatic nitrogens is 1. The Morgan fingerprint density at radius 2 is 2.05 bits per heavy atom. The van der Waals surface area contributed by atoms with E-state index in [1.54, 1.807) is 0 Å². The maximum Gasteiger partial charge on any atom is 0.0837 e. The van der Waals surface area contributed by atoms with Crippen LogP contribution in [-0.2, 0) is 4.74 Å². The Bertz CT molecular complexity index is 480. The number of rotatable bonds is 2. The summed E-state index contributed by atoms with van der Waals surface area (Å²) in [6.45, 7) is 4.78. The van der Waals surface area contributed by atoms with Crippen molar-refractivity contribution >= 4 is 0 Å². The van der Waals surface area contributed by atoms with Crippen molar-refractivity contribution in [1.82, 2.24) is 4.98 Å². The van der Waals surface area contributed by atoms with Crippen molar-refractivity contribution in [3.63, 3.8) is 0 Å². The van der Waals surface area contributed by atoms with Crippen molar-refractivity contribution in [2.75, 3.05) is 6.61 Å². The van der Waals surface area contributed by atoms with Crippen molar-refractivity contribution < 1.29 is 9.84 Å². The van der Waals surface area contributed by atoms with Crippen LogP contribution in [0.15, 0.2) is 12.1 Å². The summed E-state index contributed by atoms with van der Waals surface area (Å²) in [5.74, 6) is 0.310. The zero-order valence-electron chi connectivity index (χ0n) is 12.6. The molecule has 1 aromatic rings. The van der Waals surface area contributed by atoms with Crippen molar-refractivity contribution in [1.29, 1.82) is 0 Å². The molecule has 0 radical (unpaired) electrons. The Hall–Kier alpha value is -0.930. The first kappa shape index (κ1) is 14.0. The van der Waals surface area contributed by atoms with Gasteiger partial charge in [-0.3, -0.25) is 4.98 Å². The molecule has 2 heterocycles. The zero-order chi connectivity index (χ0) is 14.2. The lowest BCUT2D eigenvalue weighted by molar-refractivity contribution is -0.113. The van der Waals surface area contributed by atoms with Gasteiger partial charge in [0, 0.05) is 23.6 Å². The summed E-state index contributed by atoms with van der Waals surface area (Å²) in [7, 11) is 0. The van der Waals surface area contributed by atoms with E-state index in [2.05, 4.69) is 4.98 Å². The minimum atomic E-state index is -0.399. The van der Waals surface area contributed by atoms with Gasteiger partial charge in [0.1, 0.15) is 0 Å². The van der Waals surface area contributed by atoms with E-state index in [9.17, 15) is 5.11 Å². The van der Waals surface area contributed by atoms with Crippen LogP contribution >= 0.6 is 0 Å². The zero-order valence-corrected chi connectivity index (χ0v) is 12.6. The van der Waals surface area contributed by atoms with E-state index < -0.39 is 6.10 Å². The van der Waals surface area contributed by atoms with Crippen molar-refractivity contribution in [3.05, 3.63) is 29.1 Å². The lowest BCUT2D eigenvalue weighted by Gasteiger charge is -2.40. The third kappa shape index (κ3) is 2.61. The average molecular weight is 275 g/mol. The molecule has 3 nitrogen and oxygen atoms in total. The van der Waals surface area contributed by atoms with Crippen LogP contribution in [0.4, 0.5) is 0 Å². The Balaban J connectivity index is 1.77. The second-order valence-electron chi connectivity index (χ2n) is 6.56. The molecule has 2 atom stereocenters. The third-order valence-electron chi connectivity index (χ3n) is 5.08. The molecule has 0 aromatic carbocycles. The predicted octanol–water partition coefficient (Wildman–Crippen LogP) is 3.47. The largest absolute Gasteiger partial charge is 0.388 e. The lowest BCUT2D eigenvalue weighted by atomic mass is 9.79. The van der Waals surface area contributed by atoms with Crippen LogP contribution in [0.3, 0.4) is 0 Å². The molecule has 3 rings (SSSR count). The number of nitrogens with zero attached hydrogens (tertiary/aromatic N) is 1. The molecule has 1 spiro atoms. The first-order valence-electron chi connectivity index (χ1n) is 7.86.